The summed E-state index contributed by atoms with van der Waals surface area (Å²) in [4.78, 5) is 21.7. The van der Waals surface area contributed by atoms with Crippen molar-refractivity contribution in [3.63, 3.8) is 0 Å². The molecule has 5 nitrogen and oxygen atoms in total. The molecule has 0 saturated heterocycles. The van der Waals surface area contributed by atoms with E-state index in [9.17, 15) is 14.9 Å². The quantitative estimate of drug-likeness (QED) is 0.443. The molecule has 18 heavy (non-hydrogen) atoms. The summed E-state index contributed by atoms with van der Waals surface area (Å²) in [5.74, 6) is -0.261. The summed E-state index contributed by atoms with van der Waals surface area (Å²) in [6.07, 6.45) is 1.22. The molecule has 0 N–H and O–H groups in total. The number of nitrogens with zero attached hydrogens (tertiary/aromatic N) is 1. The van der Waals surface area contributed by atoms with Gasteiger partial charge in [0.15, 0.2) is 0 Å². The van der Waals surface area contributed by atoms with E-state index in [-0.39, 0.29) is 24.2 Å². The lowest BCUT2D eigenvalue weighted by molar-refractivity contribution is -0.385. The van der Waals surface area contributed by atoms with Crippen LogP contribution in [0.5, 0.6) is 0 Å². The van der Waals surface area contributed by atoms with E-state index in [4.69, 9.17) is 4.74 Å². The first kappa shape index (κ1) is 14.2. The maximum atomic E-state index is 11.3. The van der Waals surface area contributed by atoms with E-state index >= 15 is 0 Å². The minimum absolute atomic E-state index is 0.106. The Morgan fingerprint density at radius 3 is 2.67 bits per heavy atom. The molecule has 1 rings (SSSR count). The van der Waals surface area contributed by atoms with E-state index in [1.807, 2.05) is 0 Å². The van der Waals surface area contributed by atoms with E-state index in [2.05, 4.69) is 0 Å². The van der Waals surface area contributed by atoms with Gasteiger partial charge in [-0.2, -0.15) is 0 Å². The molecule has 0 aromatic heterocycles. The van der Waals surface area contributed by atoms with Gasteiger partial charge in [-0.15, -0.1) is 0 Å². The molecule has 0 unspecified atom stereocenters. The fourth-order valence-electron chi connectivity index (χ4n) is 1.65. The monoisotopic (exact) mass is 251 g/mol. The molecule has 0 spiro atoms. The number of nitro groups is 1. The Labute approximate surface area is 106 Å². The van der Waals surface area contributed by atoms with E-state index < -0.39 is 4.92 Å². The van der Waals surface area contributed by atoms with Gasteiger partial charge in [0.2, 0.25) is 0 Å². The highest BCUT2D eigenvalue weighted by Crippen LogP contribution is 2.19. The van der Waals surface area contributed by atoms with Crippen molar-refractivity contribution >= 4 is 11.7 Å². The van der Waals surface area contributed by atoms with Crippen molar-refractivity contribution in [2.75, 3.05) is 0 Å². The van der Waals surface area contributed by atoms with Gasteiger partial charge < -0.3 is 4.74 Å². The summed E-state index contributed by atoms with van der Waals surface area (Å²) < 4.78 is 4.99. The summed E-state index contributed by atoms with van der Waals surface area (Å²) in [5, 5.41) is 10.8. The highest BCUT2D eigenvalue weighted by molar-refractivity contribution is 5.69. The number of esters is 1. The predicted molar refractivity (Wildman–Crippen MR) is 67.3 cm³/mol. The fraction of sp³-hybridized carbons (Fsp3) is 0.462. The van der Waals surface area contributed by atoms with Crippen LogP contribution in [0.3, 0.4) is 0 Å². The molecule has 0 heterocycles. The Kier molecular flexibility index (Phi) is 5.30. The van der Waals surface area contributed by atoms with Crippen LogP contribution in [0, 0.1) is 10.1 Å². The second kappa shape index (κ2) is 6.74. The average Bonchev–Trinajstić information content (AvgIpc) is 2.28. The zero-order valence-corrected chi connectivity index (χ0v) is 10.6. The zero-order valence-electron chi connectivity index (χ0n) is 10.6. The van der Waals surface area contributed by atoms with Crippen LogP contribution in [0.15, 0.2) is 24.3 Å². The maximum Gasteiger partial charge on any atom is 0.306 e. The number of ether oxygens (including phenoxy) is 1. The van der Waals surface area contributed by atoms with Crippen molar-refractivity contribution in [3.05, 3.63) is 39.9 Å². The third-order valence-corrected chi connectivity index (χ3v) is 2.38. The molecule has 0 amide bonds. The number of hydrogen-bond acceptors (Lipinski definition) is 4. The number of benzene rings is 1. The first-order chi connectivity index (χ1) is 8.50. The van der Waals surface area contributed by atoms with Crippen LogP contribution < -0.4 is 0 Å². The van der Waals surface area contributed by atoms with Gasteiger partial charge in [-0.3, -0.25) is 14.9 Å². The summed E-state index contributed by atoms with van der Waals surface area (Å²) in [5.41, 5.74) is 0.759. The van der Waals surface area contributed by atoms with Crippen molar-refractivity contribution in [2.45, 2.75) is 39.2 Å². The van der Waals surface area contributed by atoms with Crippen LogP contribution in [-0.4, -0.2) is 17.0 Å². The first-order valence-corrected chi connectivity index (χ1v) is 5.92. The number of aryl methyl sites for hydroxylation is 1. The summed E-state index contributed by atoms with van der Waals surface area (Å²) >= 11 is 0. The molecular weight excluding hydrogens is 234 g/mol. The predicted octanol–water partition coefficient (Wildman–Crippen LogP) is 2.87. The minimum Gasteiger partial charge on any atom is -0.463 e. The van der Waals surface area contributed by atoms with Gasteiger partial charge in [0, 0.05) is 18.1 Å². The molecule has 0 aliphatic rings. The van der Waals surface area contributed by atoms with Crippen LogP contribution in [-0.2, 0) is 16.0 Å². The molecule has 1 aromatic rings. The highest BCUT2D eigenvalue weighted by atomic mass is 16.6. The second-order valence-electron chi connectivity index (χ2n) is 4.28. The van der Waals surface area contributed by atoms with Crippen LogP contribution >= 0.6 is 0 Å². The molecular formula is C13H17NO4. The third kappa shape index (κ3) is 4.53. The van der Waals surface area contributed by atoms with Crippen molar-refractivity contribution in [3.8, 4) is 0 Å². The molecule has 0 saturated carbocycles. The number of nitro benzene ring substituents is 1. The smallest absolute Gasteiger partial charge is 0.306 e. The van der Waals surface area contributed by atoms with E-state index in [0.29, 0.717) is 18.4 Å². The lowest BCUT2D eigenvalue weighted by Gasteiger charge is -2.07. The maximum absolute atomic E-state index is 11.3. The van der Waals surface area contributed by atoms with Crippen LogP contribution in [0.25, 0.3) is 0 Å². The summed E-state index contributed by atoms with van der Waals surface area (Å²) in [6, 6.07) is 6.58. The second-order valence-corrected chi connectivity index (χ2v) is 4.28. The first-order valence-electron chi connectivity index (χ1n) is 5.92. The Morgan fingerprint density at radius 2 is 2.06 bits per heavy atom. The minimum atomic E-state index is -0.401. The molecule has 98 valence electrons. The molecule has 0 bridgehead atoms. The Hall–Kier alpha value is -1.91. The number of hydrogen-bond donors (Lipinski definition) is 0. The van der Waals surface area contributed by atoms with Crippen molar-refractivity contribution in [1.29, 1.82) is 0 Å². The number of carbonyl (C=O) groups is 1. The average molecular weight is 251 g/mol. The fourth-order valence-corrected chi connectivity index (χ4v) is 1.65. The highest BCUT2D eigenvalue weighted by Gasteiger charge is 2.12. The Balaban J connectivity index is 2.49. The number of carbonyl (C=O) groups excluding carboxylic acids is 1. The van der Waals surface area contributed by atoms with Gasteiger partial charge >= 0.3 is 5.97 Å². The van der Waals surface area contributed by atoms with Crippen molar-refractivity contribution in [2.24, 2.45) is 0 Å². The van der Waals surface area contributed by atoms with Crippen molar-refractivity contribution in [1.82, 2.24) is 0 Å². The lowest BCUT2D eigenvalue weighted by Crippen LogP contribution is -2.11. The molecule has 0 atom stereocenters. The molecule has 0 radical (unpaired) electrons. The molecule has 0 fully saturated rings. The lowest BCUT2D eigenvalue weighted by atomic mass is 10.1. The largest absolute Gasteiger partial charge is 0.463 e. The van der Waals surface area contributed by atoms with E-state index in [0.717, 1.165) is 0 Å². The molecule has 5 heteroatoms. The van der Waals surface area contributed by atoms with Crippen molar-refractivity contribution < 1.29 is 14.5 Å². The van der Waals surface area contributed by atoms with E-state index in [1.54, 1.807) is 32.0 Å². The standard InChI is InChI=1S/C13H17NO4/c1-10(2)18-13(15)9-5-7-11-6-3-4-8-12(11)14(16)17/h3-4,6,8,10H,5,7,9H2,1-2H3. The van der Waals surface area contributed by atoms with Gasteiger partial charge in [0.05, 0.1) is 11.0 Å². The van der Waals surface area contributed by atoms with Crippen LogP contribution in [0.4, 0.5) is 5.69 Å². The van der Waals surface area contributed by atoms with E-state index in [1.165, 1.54) is 6.07 Å². The number of rotatable bonds is 6. The summed E-state index contributed by atoms with van der Waals surface area (Å²) in [7, 11) is 0. The molecule has 0 aliphatic carbocycles. The topological polar surface area (TPSA) is 69.4 Å². The Bertz CT molecular complexity index is 429. The van der Waals surface area contributed by atoms with Gasteiger partial charge in [-0.1, -0.05) is 18.2 Å². The van der Waals surface area contributed by atoms with Gasteiger partial charge in [0.25, 0.3) is 5.69 Å². The van der Waals surface area contributed by atoms with Crippen LogP contribution in [0.1, 0.15) is 32.3 Å². The summed E-state index contributed by atoms with van der Waals surface area (Å²) in [6.45, 7) is 3.58. The van der Waals surface area contributed by atoms with Crippen LogP contribution in [0.2, 0.25) is 0 Å². The SMILES string of the molecule is CC(C)OC(=O)CCCc1ccccc1[N+](=O)[O-]. The van der Waals surface area contributed by atoms with Gasteiger partial charge in [0.1, 0.15) is 0 Å². The third-order valence-electron chi connectivity index (χ3n) is 2.38. The Morgan fingerprint density at radius 1 is 1.39 bits per heavy atom. The van der Waals surface area contributed by atoms with Gasteiger partial charge in [-0.25, -0.2) is 0 Å². The molecule has 0 aliphatic heterocycles. The van der Waals surface area contributed by atoms with Gasteiger partial charge in [-0.05, 0) is 26.7 Å². The normalized spacial score (nSPS) is 10.4. The zero-order chi connectivity index (χ0) is 13.5. The number of para-hydroxylation sites is 1. The molecule has 1 aromatic carbocycles.